The zero-order chi connectivity index (χ0) is 23.5. The van der Waals surface area contributed by atoms with E-state index in [1.54, 1.807) is 43.6 Å². The number of carbonyl (C=O) groups is 2. The largest absolute Gasteiger partial charge is 0.355 e. The van der Waals surface area contributed by atoms with Crippen molar-refractivity contribution < 1.29 is 11.0 Å². The minimum atomic E-state index is -0.199. The van der Waals surface area contributed by atoms with Crippen LogP contribution in [-0.2, 0) is 0 Å². The number of hydrogen-bond donors (Lipinski definition) is 1. The molecule has 0 aliphatic carbocycles. The van der Waals surface area contributed by atoms with Crippen LogP contribution in [0.5, 0.6) is 0 Å². The van der Waals surface area contributed by atoms with Gasteiger partial charge in [-0.3, -0.25) is 14.5 Å². The highest BCUT2D eigenvalue weighted by atomic mass is 35.5. The fraction of sp³-hybridized carbons (Fsp3) is 0.458. The second kappa shape index (κ2) is 10.3. The molecule has 0 bridgehead atoms. The quantitative estimate of drug-likeness (QED) is 0.703. The second-order valence-corrected chi connectivity index (χ2v) is 9.52. The van der Waals surface area contributed by atoms with Crippen LogP contribution in [0.2, 0.25) is 10.0 Å². The van der Waals surface area contributed by atoms with Crippen molar-refractivity contribution in [3.63, 3.8) is 0 Å². The molecule has 9 heteroatoms. The summed E-state index contributed by atoms with van der Waals surface area (Å²) in [5.74, 6) is 0.595. The van der Waals surface area contributed by atoms with E-state index in [2.05, 4.69) is 27.0 Å². The van der Waals surface area contributed by atoms with Gasteiger partial charge in [-0.25, -0.2) is 4.98 Å². The van der Waals surface area contributed by atoms with E-state index in [4.69, 9.17) is 23.2 Å². The van der Waals surface area contributed by atoms with E-state index in [1.165, 1.54) is 0 Å². The Kier molecular flexibility index (Phi) is 7.41. The normalized spacial score (nSPS) is 20.1. The molecule has 1 N–H and O–H groups in total. The summed E-state index contributed by atoms with van der Waals surface area (Å²) in [6, 6.07) is 9.56. The Morgan fingerprint density at radius 2 is 1.76 bits per heavy atom. The third-order valence-electron chi connectivity index (χ3n) is 6.60. The minimum absolute atomic E-state index is 0. The number of amides is 2. The summed E-state index contributed by atoms with van der Waals surface area (Å²) in [5.41, 5.74) is 1.14. The summed E-state index contributed by atoms with van der Waals surface area (Å²) < 4.78 is 0. The van der Waals surface area contributed by atoms with Gasteiger partial charge in [-0.05, 0) is 50.1 Å². The molecule has 0 unspecified atom stereocenters. The monoisotopic (exact) mass is 491 g/mol. The van der Waals surface area contributed by atoms with Gasteiger partial charge in [0.2, 0.25) is 0 Å². The number of likely N-dealkylation sites (tertiary alicyclic amines) is 1. The molecular formula is C24H31Cl2N5O2. The number of piperidine rings is 1. The third kappa shape index (κ3) is 5.26. The first-order valence-corrected chi connectivity index (χ1v) is 12.1. The van der Waals surface area contributed by atoms with Gasteiger partial charge >= 0.3 is 0 Å². The van der Waals surface area contributed by atoms with Gasteiger partial charge in [-0.2, -0.15) is 0 Å². The maximum Gasteiger partial charge on any atom is 0.253 e. The lowest BCUT2D eigenvalue weighted by Gasteiger charge is -2.46. The van der Waals surface area contributed by atoms with E-state index in [1.807, 2.05) is 4.90 Å². The van der Waals surface area contributed by atoms with Crippen molar-refractivity contribution in [1.29, 1.82) is 0 Å². The molecular weight excluding hydrogens is 461 g/mol. The van der Waals surface area contributed by atoms with Crippen LogP contribution in [0.3, 0.4) is 0 Å². The molecule has 1 aromatic carbocycles. The number of benzene rings is 1. The van der Waals surface area contributed by atoms with Crippen molar-refractivity contribution in [2.45, 2.75) is 31.8 Å². The molecule has 2 amide bonds. The van der Waals surface area contributed by atoms with Crippen LogP contribution in [0.4, 0.5) is 5.82 Å². The first-order valence-electron chi connectivity index (χ1n) is 11.3. The van der Waals surface area contributed by atoms with Gasteiger partial charge in [0.1, 0.15) is 5.82 Å². The maximum absolute atomic E-state index is 12.8. The summed E-state index contributed by atoms with van der Waals surface area (Å²) >= 11 is 12.4. The van der Waals surface area contributed by atoms with Gasteiger partial charge in [-0.15, -0.1) is 0 Å². The SMILES string of the molecule is CNC(=O)c1cnc(N2CCN(C3CCN(C(=O)c4ccc(Cl)cc4)CC3)[C@@H](C)C2)c(Cl)c1.[HH]. The Morgan fingerprint density at radius 1 is 1.06 bits per heavy atom. The summed E-state index contributed by atoms with van der Waals surface area (Å²) in [5, 5.41) is 3.72. The average Bonchev–Trinajstić information content (AvgIpc) is 2.83. The Bertz CT molecular complexity index is 1010. The van der Waals surface area contributed by atoms with Gasteiger partial charge in [0.15, 0.2) is 0 Å². The first kappa shape index (κ1) is 23.8. The lowest BCUT2D eigenvalue weighted by atomic mass is 9.99. The van der Waals surface area contributed by atoms with Crippen molar-refractivity contribution in [3.05, 3.63) is 57.7 Å². The van der Waals surface area contributed by atoms with E-state index >= 15 is 0 Å². The number of aromatic nitrogens is 1. The van der Waals surface area contributed by atoms with E-state index in [0.717, 1.165) is 51.4 Å². The molecule has 0 saturated carbocycles. The number of nitrogens with one attached hydrogen (secondary N) is 1. The molecule has 2 fully saturated rings. The lowest BCUT2D eigenvalue weighted by Crippen LogP contribution is -2.58. The minimum Gasteiger partial charge on any atom is -0.355 e. The Morgan fingerprint density at radius 3 is 2.36 bits per heavy atom. The fourth-order valence-corrected chi connectivity index (χ4v) is 5.23. The molecule has 1 atom stereocenters. The van der Waals surface area contributed by atoms with Crippen molar-refractivity contribution >= 4 is 40.8 Å². The number of pyridine rings is 1. The average molecular weight is 492 g/mol. The smallest absolute Gasteiger partial charge is 0.253 e. The van der Waals surface area contributed by atoms with Crippen LogP contribution in [0.1, 0.15) is 41.9 Å². The second-order valence-electron chi connectivity index (χ2n) is 8.67. The Labute approximate surface area is 206 Å². The lowest BCUT2D eigenvalue weighted by molar-refractivity contribution is 0.0525. The summed E-state index contributed by atoms with van der Waals surface area (Å²) in [4.78, 5) is 35.8. The van der Waals surface area contributed by atoms with E-state index in [9.17, 15) is 9.59 Å². The number of nitrogens with zero attached hydrogens (tertiary/aromatic N) is 4. The van der Waals surface area contributed by atoms with Crippen molar-refractivity contribution in [1.82, 2.24) is 20.1 Å². The van der Waals surface area contributed by atoms with E-state index in [0.29, 0.717) is 33.3 Å². The molecule has 1 aromatic heterocycles. The van der Waals surface area contributed by atoms with Crippen molar-refractivity contribution in [2.75, 3.05) is 44.7 Å². The fourth-order valence-electron chi connectivity index (χ4n) is 4.81. The number of carbonyl (C=O) groups excluding carboxylic acids is 2. The highest BCUT2D eigenvalue weighted by molar-refractivity contribution is 6.33. The van der Waals surface area contributed by atoms with Crippen LogP contribution < -0.4 is 10.2 Å². The molecule has 4 rings (SSSR count). The zero-order valence-corrected chi connectivity index (χ0v) is 20.4. The molecule has 178 valence electrons. The summed E-state index contributed by atoms with van der Waals surface area (Å²) in [6.07, 6.45) is 3.50. The first-order chi connectivity index (χ1) is 15.9. The Balaban J connectivity index is 0.00000324. The topological polar surface area (TPSA) is 68.8 Å². The number of hydrogen-bond acceptors (Lipinski definition) is 5. The maximum atomic E-state index is 12.8. The van der Waals surface area contributed by atoms with Crippen LogP contribution in [0, 0.1) is 0 Å². The van der Waals surface area contributed by atoms with E-state index < -0.39 is 0 Å². The van der Waals surface area contributed by atoms with Gasteiger partial charge < -0.3 is 15.1 Å². The van der Waals surface area contributed by atoms with Crippen molar-refractivity contribution in [2.24, 2.45) is 0 Å². The molecule has 2 aliphatic heterocycles. The van der Waals surface area contributed by atoms with Crippen LogP contribution in [0.15, 0.2) is 36.5 Å². The number of anilines is 1. The van der Waals surface area contributed by atoms with Crippen LogP contribution in [0.25, 0.3) is 0 Å². The zero-order valence-electron chi connectivity index (χ0n) is 18.9. The predicted octanol–water partition coefficient (Wildman–Crippen LogP) is 3.81. The third-order valence-corrected chi connectivity index (χ3v) is 7.13. The molecule has 3 heterocycles. The molecule has 7 nitrogen and oxygen atoms in total. The van der Waals surface area contributed by atoms with Gasteiger partial charge in [0, 0.05) is 70.1 Å². The van der Waals surface area contributed by atoms with E-state index in [-0.39, 0.29) is 13.2 Å². The molecule has 2 saturated heterocycles. The summed E-state index contributed by atoms with van der Waals surface area (Å²) in [7, 11) is 1.59. The van der Waals surface area contributed by atoms with Crippen LogP contribution >= 0.6 is 23.2 Å². The molecule has 2 aromatic rings. The van der Waals surface area contributed by atoms with Gasteiger partial charge in [-0.1, -0.05) is 23.2 Å². The molecule has 0 radical (unpaired) electrons. The highest BCUT2D eigenvalue weighted by Crippen LogP contribution is 2.29. The van der Waals surface area contributed by atoms with Crippen LogP contribution in [-0.4, -0.2) is 78.5 Å². The highest BCUT2D eigenvalue weighted by Gasteiger charge is 2.33. The van der Waals surface area contributed by atoms with Crippen molar-refractivity contribution in [3.8, 4) is 0 Å². The van der Waals surface area contributed by atoms with Gasteiger partial charge in [0.25, 0.3) is 11.8 Å². The number of piperazine rings is 1. The predicted molar refractivity (Wildman–Crippen MR) is 134 cm³/mol. The summed E-state index contributed by atoms with van der Waals surface area (Å²) in [6.45, 7) is 6.29. The van der Waals surface area contributed by atoms with Gasteiger partial charge in [0.05, 0.1) is 10.6 Å². The molecule has 33 heavy (non-hydrogen) atoms. The molecule has 0 spiro atoms. The number of halogens is 2. The molecule has 2 aliphatic rings. The number of rotatable bonds is 4. The standard InChI is InChI=1S/C24H29Cl2N5O2.H2/c1-16-15-30(22-21(26)13-18(14-28-22)23(32)27-2)11-12-31(16)20-7-9-29(10-8-20)24(33)17-3-5-19(25)6-4-17;/h3-6,13-14,16,20H,7-12,15H2,1-2H3,(H,27,32);1H/t16-;/m0./s1. The Hall–Kier alpha value is -2.35.